The molecule has 2 rings (SSSR count). The second-order valence-electron chi connectivity index (χ2n) is 4.56. The van der Waals surface area contributed by atoms with E-state index in [-0.39, 0.29) is 23.3 Å². The van der Waals surface area contributed by atoms with Crippen molar-refractivity contribution in [3.8, 4) is 0 Å². The number of thiazole rings is 1. The van der Waals surface area contributed by atoms with Crippen LogP contribution in [-0.2, 0) is 4.74 Å². The summed E-state index contributed by atoms with van der Waals surface area (Å²) in [6, 6.07) is 6.41. The topological polar surface area (TPSA) is 80.3 Å². The Kier molecular flexibility index (Phi) is 6.24. The summed E-state index contributed by atoms with van der Waals surface area (Å²) in [5.41, 5.74) is 0.655. The highest BCUT2D eigenvalue weighted by atomic mass is 35.5. The number of rotatable bonds is 4. The van der Waals surface area contributed by atoms with Crippen LogP contribution < -0.4 is 10.6 Å². The molecule has 6 nitrogen and oxygen atoms in total. The van der Waals surface area contributed by atoms with Gasteiger partial charge >= 0.3 is 5.97 Å². The Morgan fingerprint density at radius 2 is 2.00 bits per heavy atom. The van der Waals surface area contributed by atoms with Crippen LogP contribution in [0.5, 0.6) is 0 Å². The second kappa shape index (κ2) is 8.18. The Bertz CT molecular complexity index is 775. The van der Waals surface area contributed by atoms with Gasteiger partial charge in [-0.3, -0.25) is 10.1 Å². The summed E-state index contributed by atoms with van der Waals surface area (Å²) < 4.78 is 4.92. The molecule has 0 atom stereocenters. The van der Waals surface area contributed by atoms with Gasteiger partial charge in [0.15, 0.2) is 15.9 Å². The van der Waals surface area contributed by atoms with Crippen molar-refractivity contribution in [3.63, 3.8) is 0 Å². The number of aryl methyl sites for hydroxylation is 1. The lowest BCUT2D eigenvalue weighted by Crippen LogP contribution is -2.34. The molecule has 2 aromatic rings. The number of ether oxygens (including phenoxy) is 1. The minimum atomic E-state index is -0.490. The summed E-state index contributed by atoms with van der Waals surface area (Å²) in [5.74, 6) is -0.863. The van der Waals surface area contributed by atoms with Gasteiger partial charge in [0.25, 0.3) is 5.91 Å². The van der Waals surface area contributed by atoms with Gasteiger partial charge in [0.2, 0.25) is 0 Å². The van der Waals surface area contributed by atoms with E-state index in [1.165, 1.54) is 11.3 Å². The van der Waals surface area contributed by atoms with Gasteiger partial charge < -0.3 is 10.1 Å². The van der Waals surface area contributed by atoms with Crippen LogP contribution in [0.3, 0.4) is 0 Å². The van der Waals surface area contributed by atoms with Crippen LogP contribution in [0.4, 0.5) is 5.13 Å². The van der Waals surface area contributed by atoms with Crippen LogP contribution in [-0.4, -0.2) is 28.6 Å². The van der Waals surface area contributed by atoms with Crippen LogP contribution in [0.25, 0.3) is 0 Å². The Morgan fingerprint density at radius 1 is 1.33 bits per heavy atom. The van der Waals surface area contributed by atoms with Gasteiger partial charge in [-0.2, -0.15) is 0 Å². The zero-order valence-corrected chi connectivity index (χ0v) is 15.3. The SMILES string of the molecule is CCOC(=O)c1nc(NC(=S)NC(=O)c2ccc(Cl)cc2)sc1C. The molecule has 1 amide bonds. The number of aromatic nitrogens is 1. The van der Waals surface area contributed by atoms with E-state index in [2.05, 4.69) is 15.6 Å². The quantitative estimate of drug-likeness (QED) is 0.622. The zero-order valence-electron chi connectivity index (χ0n) is 12.9. The van der Waals surface area contributed by atoms with Crippen molar-refractivity contribution in [2.24, 2.45) is 0 Å². The Morgan fingerprint density at radius 3 is 2.62 bits per heavy atom. The highest BCUT2D eigenvalue weighted by molar-refractivity contribution is 7.80. The molecular weight excluding hydrogens is 370 g/mol. The summed E-state index contributed by atoms with van der Waals surface area (Å²) >= 11 is 12.1. The number of hydrogen-bond acceptors (Lipinski definition) is 6. The number of amides is 1. The lowest BCUT2D eigenvalue weighted by molar-refractivity contribution is 0.0519. The molecule has 9 heteroatoms. The van der Waals surface area contributed by atoms with E-state index in [0.29, 0.717) is 20.6 Å². The fourth-order valence-corrected chi connectivity index (χ4v) is 2.93. The third-order valence-corrected chi connectivity index (χ3v) is 4.16. The van der Waals surface area contributed by atoms with Gasteiger partial charge in [0.05, 0.1) is 6.61 Å². The molecular formula is C15H14ClN3O3S2. The molecule has 2 N–H and O–H groups in total. The molecule has 0 fully saturated rings. The first-order valence-corrected chi connectivity index (χ1v) is 8.53. The van der Waals surface area contributed by atoms with E-state index in [4.69, 9.17) is 28.6 Å². The summed E-state index contributed by atoms with van der Waals surface area (Å²) in [4.78, 5) is 28.6. The number of anilines is 1. The number of esters is 1. The maximum atomic E-state index is 12.0. The van der Waals surface area contributed by atoms with Crippen LogP contribution in [0.1, 0.15) is 32.6 Å². The molecule has 0 aliphatic heterocycles. The molecule has 0 spiro atoms. The Labute approximate surface area is 153 Å². The van der Waals surface area contributed by atoms with Crippen molar-refractivity contribution >= 4 is 57.3 Å². The number of hydrogen-bond donors (Lipinski definition) is 2. The molecule has 1 heterocycles. The molecule has 0 unspecified atom stereocenters. The smallest absolute Gasteiger partial charge is 0.358 e. The maximum absolute atomic E-state index is 12.0. The van der Waals surface area contributed by atoms with Gasteiger partial charge in [-0.25, -0.2) is 9.78 Å². The fourth-order valence-electron chi connectivity index (χ4n) is 1.74. The number of carbonyl (C=O) groups is 2. The molecule has 126 valence electrons. The standard InChI is InChI=1S/C15H14ClN3O3S2/c1-3-22-13(21)11-8(2)24-15(17-11)19-14(23)18-12(20)9-4-6-10(16)7-5-9/h4-7H,3H2,1-2H3,(H2,17,18,19,20,23). The van der Waals surface area contributed by atoms with E-state index in [0.717, 1.165) is 0 Å². The summed E-state index contributed by atoms with van der Waals surface area (Å²) in [7, 11) is 0. The van der Waals surface area contributed by atoms with E-state index in [9.17, 15) is 9.59 Å². The van der Waals surface area contributed by atoms with Crippen LogP contribution >= 0.6 is 35.2 Å². The monoisotopic (exact) mass is 383 g/mol. The average Bonchev–Trinajstić information content (AvgIpc) is 2.88. The zero-order chi connectivity index (χ0) is 17.7. The minimum Gasteiger partial charge on any atom is -0.461 e. The lowest BCUT2D eigenvalue weighted by atomic mass is 10.2. The fraction of sp³-hybridized carbons (Fsp3) is 0.200. The second-order valence-corrected chi connectivity index (χ2v) is 6.61. The van der Waals surface area contributed by atoms with Crippen molar-refractivity contribution in [2.45, 2.75) is 13.8 Å². The lowest BCUT2D eigenvalue weighted by Gasteiger charge is -2.07. The molecule has 0 bridgehead atoms. The van der Waals surface area contributed by atoms with Crippen LogP contribution in [0.15, 0.2) is 24.3 Å². The summed E-state index contributed by atoms with van der Waals surface area (Å²) in [6.07, 6.45) is 0. The number of nitrogens with zero attached hydrogens (tertiary/aromatic N) is 1. The van der Waals surface area contributed by atoms with Gasteiger partial charge in [-0.15, -0.1) is 11.3 Å². The van der Waals surface area contributed by atoms with Crippen molar-refractivity contribution in [3.05, 3.63) is 45.4 Å². The van der Waals surface area contributed by atoms with Crippen LogP contribution in [0, 0.1) is 6.92 Å². The number of benzene rings is 1. The predicted octanol–water partition coefficient (Wildman–Crippen LogP) is 3.41. The van der Waals surface area contributed by atoms with Gasteiger partial charge in [0, 0.05) is 15.5 Å². The molecule has 24 heavy (non-hydrogen) atoms. The molecule has 0 saturated carbocycles. The molecule has 1 aromatic carbocycles. The Balaban J connectivity index is 1.99. The van der Waals surface area contributed by atoms with E-state index in [1.54, 1.807) is 38.1 Å². The van der Waals surface area contributed by atoms with Crippen molar-refractivity contribution < 1.29 is 14.3 Å². The van der Waals surface area contributed by atoms with E-state index < -0.39 is 5.97 Å². The number of nitrogens with one attached hydrogen (secondary N) is 2. The normalized spacial score (nSPS) is 10.1. The van der Waals surface area contributed by atoms with Gasteiger partial charge in [-0.05, 0) is 50.3 Å². The minimum absolute atomic E-state index is 0.0825. The number of carbonyl (C=O) groups excluding carboxylic acids is 2. The Hall–Kier alpha value is -2.03. The highest BCUT2D eigenvalue weighted by Gasteiger charge is 2.17. The van der Waals surface area contributed by atoms with Gasteiger partial charge in [0.1, 0.15) is 0 Å². The summed E-state index contributed by atoms with van der Waals surface area (Å²) in [6.45, 7) is 3.75. The molecule has 0 saturated heterocycles. The van der Waals surface area contributed by atoms with Crippen molar-refractivity contribution in [2.75, 3.05) is 11.9 Å². The first kappa shape index (κ1) is 18.3. The third kappa shape index (κ3) is 4.73. The maximum Gasteiger partial charge on any atom is 0.358 e. The first-order valence-electron chi connectivity index (χ1n) is 6.93. The number of halogens is 1. The number of thiocarbonyl (C=S) groups is 1. The third-order valence-electron chi connectivity index (χ3n) is 2.82. The van der Waals surface area contributed by atoms with Crippen molar-refractivity contribution in [1.29, 1.82) is 0 Å². The average molecular weight is 384 g/mol. The first-order chi connectivity index (χ1) is 11.4. The summed E-state index contributed by atoms with van der Waals surface area (Å²) in [5, 5.41) is 6.34. The molecule has 0 radical (unpaired) electrons. The van der Waals surface area contributed by atoms with E-state index >= 15 is 0 Å². The molecule has 1 aromatic heterocycles. The predicted molar refractivity (Wildman–Crippen MR) is 97.9 cm³/mol. The van der Waals surface area contributed by atoms with Crippen LogP contribution in [0.2, 0.25) is 5.02 Å². The largest absolute Gasteiger partial charge is 0.461 e. The highest BCUT2D eigenvalue weighted by Crippen LogP contribution is 2.22. The van der Waals surface area contributed by atoms with Gasteiger partial charge in [-0.1, -0.05) is 11.6 Å². The molecule has 0 aliphatic rings. The van der Waals surface area contributed by atoms with E-state index in [1.807, 2.05) is 0 Å². The molecule has 0 aliphatic carbocycles. The van der Waals surface area contributed by atoms with Crippen molar-refractivity contribution in [1.82, 2.24) is 10.3 Å².